The number of hydrogen-bond acceptors (Lipinski definition) is 2. The second-order valence-corrected chi connectivity index (χ2v) is 5.90. The average molecular weight is 364 g/mol. The highest BCUT2D eigenvalue weighted by Crippen LogP contribution is 2.17. The molecule has 2 rings (SSSR count). The number of rotatable bonds is 6. The van der Waals surface area contributed by atoms with Crippen molar-refractivity contribution < 1.29 is 0 Å². The summed E-state index contributed by atoms with van der Waals surface area (Å²) in [5, 5.41) is 7.59. The molecule has 0 atom stereocenters. The minimum absolute atomic E-state index is 0.806. The van der Waals surface area contributed by atoms with Crippen LogP contribution in [0.5, 0.6) is 0 Å². The van der Waals surface area contributed by atoms with E-state index in [9.17, 15) is 0 Å². The Hall–Kier alpha value is -1.82. The zero-order chi connectivity index (χ0) is 15.8. The fourth-order valence-corrected chi connectivity index (χ4v) is 2.63. The first-order valence-electron chi connectivity index (χ1n) is 7.33. The molecule has 0 saturated heterocycles. The topological polar surface area (TPSA) is 45.5 Å². The third-order valence-electron chi connectivity index (χ3n) is 3.35. The van der Waals surface area contributed by atoms with Crippen LogP contribution in [0.2, 0.25) is 0 Å². The van der Waals surface area contributed by atoms with Crippen LogP contribution in [0.4, 0.5) is 0 Å². The van der Waals surface area contributed by atoms with Crippen molar-refractivity contribution >= 4 is 21.9 Å². The van der Waals surface area contributed by atoms with E-state index in [1.807, 2.05) is 43.2 Å². The maximum atomic E-state index is 4.34. The molecule has 0 saturated carbocycles. The molecule has 5 nitrogen and oxygen atoms in total. The quantitative estimate of drug-likeness (QED) is 0.487. The van der Waals surface area contributed by atoms with Crippen LogP contribution in [-0.2, 0) is 13.1 Å². The van der Waals surface area contributed by atoms with Crippen molar-refractivity contribution in [1.82, 2.24) is 20.0 Å². The molecule has 22 heavy (non-hydrogen) atoms. The monoisotopic (exact) mass is 363 g/mol. The number of halogens is 1. The number of aliphatic imine (C=N–C) groups is 1. The predicted octanol–water partition coefficient (Wildman–Crippen LogP) is 2.74. The Kier molecular flexibility index (Phi) is 6.45. The molecule has 0 unspecified atom stereocenters. The largest absolute Gasteiger partial charge is 0.356 e. The Bertz CT molecular complexity index is 594. The van der Waals surface area contributed by atoms with E-state index in [4.69, 9.17) is 0 Å². The van der Waals surface area contributed by atoms with Crippen molar-refractivity contribution in [2.24, 2.45) is 4.99 Å². The number of nitrogens with zero attached hydrogens (tertiary/aromatic N) is 4. The predicted molar refractivity (Wildman–Crippen MR) is 93.8 cm³/mol. The van der Waals surface area contributed by atoms with Crippen molar-refractivity contribution in [3.05, 3.63) is 52.8 Å². The summed E-state index contributed by atoms with van der Waals surface area (Å²) in [6.45, 7) is 2.58. The Morgan fingerprint density at radius 1 is 1.36 bits per heavy atom. The van der Waals surface area contributed by atoms with Crippen LogP contribution in [0.3, 0.4) is 0 Å². The highest BCUT2D eigenvalue weighted by Gasteiger charge is 2.08. The lowest BCUT2D eigenvalue weighted by molar-refractivity contribution is 0.470. The Morgan fingerprint density at radius 3 is 2.86 bits per heavy atom. The van der Waals surface area contributed by atoms with E-state index in [1.54, 1.807) is 6.20 Å². The van der Waals surface area contributed by atoms with Crippen LogP contribution < -0.4 is 5.32 Å². The van der Waals surface area contributed by atoms with Gasteiger partial charge in [0, 0.05) is 50.6 Å². The molecular weight excluding hydrogens is 342 g/mol. The Morgan fingerprint density at radius 2 is 2.18 bits per heavy atom. The summed E-state index contributed by atoms with van der Waals surface area (Å²) in [4.78, 5) is 6.46. The molecule has 1 aromatic carbocycles. The third kappa shape index (κ3) is 4.87. The average Bonchev–Trinajstić information content (AvgIpc) is 3.03. The van der Waals surface area contributed by atoms with Crippen LogP contribution in [0.25, 0.3) is 0 Å². The summed E-state index contributed by atoms with van der Waals surface area (Å²) < 4.78 is 3.06. The SMILES string of the molecule is CN=C(NCCCn1cccn1)N(C)Cc1ccccc1Br. The standard InChI is InChI=1S/C16H22BrN5/c1-18-16(19-9-5-11-22-12-6-10-20-22)21(2)13-14-7-3-4-8-15(14)17/h3-4,6-8,10,12H,5,9,11,13H2,1-2H3,(H,18,19). The summed E-state index contributed by atoms with van der Waals surface area (Å²) in [5.41, 5.74) is 1.24. The van der Waals surface area contributed by atoms with Gasteiger partial charge in [0.25, 0.3) is 0 Å². The van der Waals surface area contributed by atoms with Gasteiger partial charge < -0.3 is 10.2 Å². The highest BCUT2D eigenvalue weighted by atomic mass is 79.9. The van der Waals surface area contributed by atoms with E-state index in [1.165, 1.54) is 5.56 Å². The van der Waals surface area contributed by atoms with Crippen LogP contribution in [0.1, 0.15) is 12.0 Å². The van der Waals surface area contributed by atoms with Gasteiger partial charge in [0.1, 0.15) is 0 Å². The first-order chi connectivity index (χ1) is 10.7. The summed E-state index contributed by atoms with van der Waals surface area (Å²) in [7, 11) is 3.86. The molecule has 2 aromatic rings. The van der Waals surface area contributed by atoms with Gasteiger partial charge in [-0.3, -0.25) is 9.67 Å². The fraction of sp³-hybridized carbons (Fsp3) is 0.375. The fourth-order valence-electron chi connectivity index (χ4n) is 2.22. The van der Waals surface area contributed by atoms with Crippen molar-refractivity contribution in [2.75, 3.05) is 20.6 Å². The van der Waals surface area contributed by atoms with Crippen LogP contribution in [0.15, 0.2) is 52.2 Å². The molecule has 0 bridgehead atoms. The van der Waals surface area contributed by atoms with Gasteiger partial charge in [-0.05, 0) is 24.1 Å². The molecule has 1 heterocycles. The summed E-state index contributed by atoms with van der Waals surface area (Å²) in [6.07, 6.45) is 4.79. The normalized spacial score (nSPS) is 11.5. The number of hydrogen-bond donors (Lipinski definition) is 1. The van der Waals surface area contributed by atoms with Gasteiger partial charge in [0.05, 0.1) is 0 Å². The molecule has 0 radical (unpaired) electrons. The zero-order valence-corrected chi connectivity index (χ0v) is 14.6. The first kappa shape index (κ1) is 16.5. The van der Waals surface area contributed by atoms with E-state index in [0.717, 1.165) is 36.5 Å². The summed E-state index contributed by atoms with van der Waals surface area (Å²) >= 11 is 3.59. The van der Waals surface area contributed by atoms with Crippen LogP contribution in [-0.4, -0.2) is 41.3 Å². The van der Waals surface area contributed by atoms with Gasteiger partial charge in [0.15, 0.2) is 5.96 Å². The van der Waals surface area contributed by atoms with E-state index >= 15 is 0 Å². The maximum Gasteiger partial charge on any atom is 0.193 e. The second kappa shape index (κ2) is 8.58. The summed E-state index contributed by atoms with van der Waals surface area (Å²) in [5.74, 6) is 0.899. The number of nitrogens with one attached hydrogen (secondary N) is 1. The van der Waals surface area contributed by atoms with E-state index in [-0.39, 0.29) is 0 Å². The molecule has 1 aromatic heterocycles. The van der Waals surface area contributed by atoms with E-state index in [0.29, 0.717) is 0 Å². The molecule has 0 aliphatic heterocycles. The van der Waals surface area contributed by atoms with E-state index < -0.39 is 0 Å². The van der Waals surface area contributed by atoms with Crippen LogP contribution >= 0.6 is 15.9 Å². The van der Waals surface area contributed by atoms with Crippen LogP contribution in [0, 0.1) is 0 Å². The lowest BCUT2D eigenvalue weighted by Crippen LogP contribution is -2.39. The Labute approximate surface area is 140 Å². The molecule has 118 valence electrons. The highest BCUT2D eigenvalue weighted by molar-refractivity contribution is 9.10. The summed E-state index contributed by atoms with van der Waals surface area (Å²) in [6, 6.07) is 10.2. The van der Waals surface area contributed by atoms with Crippen molar-refractivity contribution in [3.8, 4) is 0 Å². The minimum atomic E-state index is 0.806. The zero-order valence-electron chi connectivity index (χ0n) is 13.0. The molecule has 0 aliphatic rings. The maximum absolute atomic E-state index is 4.34. The molecule has 0 fully saturated rings. The van der Waals surface area contributed by atoms with Gasteiger partial charge in [-0.1, -0.05) is 34.1 Å². The van der Waals surface area contributed by atoms with E-state index in [2.05, 4.69) is 48.4 Å². The van der Waals surface area contributed by atoms with Gasteiger partial charge in [0.2, 0.25) is 0 Å². The molecule has 6 heteroatoms. The van der Waals surface area contributed by atoms with Gasteiger partial charge in [-0.25, -0.2) is 0 Å². The van der Waals surface area contributed by atoms with Gasteiger partial charge in [-0.2, -0.15) is 5.10 Å². The lowest BCUT2D eigenvalue weighted by atomic mass is 10.2. The smallest absolute Gasteiger partial charge is 0.193 e. The Balaban J connectivity index is 1.79. The number of guanidine groups is 1. The molecule has 0 spiro atoms. The van der Waals surface area contributed by atoms with Gasteiger partial charge in [-0.15, -0.1) is 0 Å². The molecule has 0 aliphatic carbocycles. The molecule has 0 amide bonds. The minimum Gasteiger partial charge on any atom is -0.356 e. The first-order valence-corrected chi connectivity index (χ1v) is 8.12. The van der Waals surface area contributed by atoms with Gasteiger partial charge >= 0.3 is 0 Å². The van der Waals surface area contributed by atoms with Crippen molar-refractivity contribution in [2.45, 2.75) is 19.5 Å². The number of aromatic nitrogens is 2. The molecular formula is C16H22BrN5. The number of benzene rings is 1. The second-order valence-electron chi connectivity index (χ2n) is 5.04. The lowest BCUT2D eigenvalue weighted by Gasteiger charge is -2.22. The third-order valence-corrected chi connectivity index (χ3v) is 4.12. The van der Waals surface area contributed by atoms with Crippen molar-refractivity contribution in [3.63, 3.8) is 0 Å². The number of aryl methyl sites for hydroxylation is 1. The molecule has 1 N–H and O–H groups in total. The van der Waals surface area contributed by atoms with Crippen molar-refractivity contribution in [1.29, 1.82) is 0 Å².